The molecule has 3 heteroatoms. The van der Waals surface area contributed by atoms with E-state index >= 15 is 0 Å². The van der Waals surface area contributed by atoms with Crippen molar-refractivity contribution in [3.8, 4) is 11.5 Å². The molecule has 0 aliphatic carbocycles. The Morgan fingerprint density at radius 2 is 1.86 bits per heavy atom. The molecule has 2 nitrogen and oxygen atoms in total. The summed E-state index contributed by atoms with van der Waals surface area (Å²) in [7, 11) is 3.43. The van der Waals surface area contributed by atoms with Crippen LogP contribution in [0.15, 0.2) is 29.6 Å². The number of rotatable bonds is 6. The van der Waals surface area contributed by atoms with Gasteiger partial charge in [-0.05, 0) is 36.6 Å². The van der Waals surface area contributed by atoms with Crippen LogP contribution in [0.2, 0.25) is 0 Å². The van der Waals surface area contributed by atoms with Crippen LogP contribution in [0, 0.1) is 6.92 Å². The monoisotopic (exact) mass is 302 g/mol. The summed E-state index contributed by atoms with van der Waals surface area (Å²) in [5, 5.41) is 2.09. The van der Waals surface area contributed by atoms with Crippen LogP contribution >= 0.6 is 11.3 Å². The van der Waals surface area contributed by atoms with Crippen molar-refractivity contribution in [2.24, 2.45) is 0 Å². The first-order chi connectivity index (χ1) is 10.2. The van der Waals surface area contributed by atoms with Gasteiger partial charge in [-0.3, -0.25) is 0 Å². The molecule has 0 aliphatic heterocycles. The number of allylic oxidation sites excluding steroid dienone is 1. The molecule has 0 atom stereocenters. The van der Waals surface area contributed by atoms with Crippen LogP contribution in [0.1, 0.15) is 35.8 Å². The molecule has 0 fully saturated rings. The number of hydrogen-bond donors (Lipinski definition) is 0. The lowest BCUT2D eigenvalue weighted by Gasteiger charge is -2.10. The molecule has 0 unspecified atom stereocenters. The van der Waals surface area contributed by atoms with Gasteiger partial charge in [-0.15, -0.1) is 11.3 Å². The van der Waals surface area contributed by atoms with Crippen molar-refractivity contribution in [1.29, 1.82) is 0 Å². The lowest BCUT2D eigenvalue weighted by Crippen LogP contribution is -1.91. The van der Waals surface area contributed by atoms with Gasteiger partial charge in [0.25, 0.3) is 0 Å². The molecule has 1 aromatic heterocycles. The van der Waals surface area contributed by atoms with Crippen LogP contribution < -0.4 is 9.47 Å². The number of benzene rings is 1. The normalized spacial score (nSPS) is 11.5. The lowest BCUT2D eigenvalue weighted by molar-refractivity contribution is 0.414. The largest absolute Gasteiger partial charge is 0.497 e. The molecule has 0 N–H and O–H groups in total. The van der Waals surface area contributed by atoms with Crippen molar-refractivity contribution >= 4 is 23.0 Å². The quantitative estimate of drug-likeness (QED) is 0.710. The summed E-state index contributed by atoms with van der Waals surface area (Å²) in [6.45, 7) is 4.36. The highest BCUT2D eigenvalue weighted by Crippen LogP contribution is 2.37. The molecule has 0 bridgehead atoms. The SMILES string of the molecule is CCCC(=Cc1ccc(OC)cc1)c1c(OC)csc1C. The van der Waals surface area contributed by atoms with Gasteiger partial charge < -0.3 is 9.47 Å². The van der Waals surface area contributed by atoms with Gasteiger partial charge in [0.15, 0.2) is 0 Å². The second-order valence-corrected chi connectivity index (χ2v) is 6.01. The maximum atomic E-state index is 5.52. The molecule has 0 saturated heterocycles. The zero-order valence-electron chi connectivity index (χ0n) is 13.1. The van der Waals surface area contributed by atoms with E-state index in [1.54, 1.807) is 25.6 Å². The van der Waals surface area contributed by atoms with E-state index in [4.69, 9.17) is 9.47 Å². The van der Waals surface area contributed by atoms with Gasteiger partial charge in [-0.2, -0.15) is 0 Å². The highest BCUT2D eigenvalue weighted by Gasteiger charge is 2.13. The Balaban J connectivity index is 2.41. The van der Waals surface area contributed by atoms with Gasteiger partial charge in [0.05, 0.1) is 14.2 Å². The minimum Gasteiger partial charge on any atom is -0.497 e. The van der Waals surface area contributed by atoms with E-state index in [2.05, 4.69) is 37.4 Å². The van der Waals surface area contributed by atoms with Gasteiger partial charge in [0, 0.05) is 15.8 Å². The molecule has 2 rings (SSSR count). The van der Waals surface area contributed by atoms with Crippen molar-refractivity contribution in [1.82, 2.24) is 0 Å². The average Bonchev–Trinajstić information content (AvgIpc) is 2.88. The fraction of sp³-hybridized carbons (Fsp3) is 0.333. The van der Waals surface area contributed by atoms with Gasteiger partial charge in [0.1, 0.15) is 11.5 Å². The fourth-order valence-electron chi connectivity index (χ4n) is 2.41. The highest BCUT2D eigenvalue weighted by atomic mass is 32.1. The topological polar surface area (TPSA) is 18.5 Å². The Bertz CT molecular complexity index is 609. The first-order valence-corrected chi connectivity index (χ1v) is 8.04. The van der Waals surface area contributed by atoms with Crippen LogP contribution in [0.5, 0.6) is 11.5 Å². The summed E-state index contributed by atoms with van der Waals surface area (Å²) in [4.78, 5) is 1.31. The Hall–Kier alpha value is -1.74. The van der Waals surface area contributed by atoms with E-state index in [0.717, 1.165) is 24.3 Å². The molecule has 1 aromatic carbocycles. The summed E-state index contributed by atoms with van der Waals surface area (Å²) in [6, 6.07) is 8.16. The van der Waals surface area contributed by atoms with Crippen LogP contribution in [-0.4, -0.2) is 14.2 Å². The van der Waals surface area contributed by atoms with Crippen molar-refractivity contribution in [3.05, 3.63) is 45.6 Å². The summed E-state index contributed by atoms with van der Waals surface area (Å²) in [6.07, 6.45) is 4.40. The highest BCUT2D eigenvalue weighted by molar-refractivity contribution is 7.10. The van der Waals surface area contributed by atoms with Crippen LogP contribution in [0.3, 0.4) is 0 Å². The molecular formula is C18H22O2S. The summed E-state index contributed by atoms with van der Waals surface area (Å²) >= 11 is 1.74. The third-order valence-electron chi connectivity index (χ3n) is 3.46. The number of methoxy groups -OCH3 is 2. The predicted octanol–water partition coefficient (Wildman–Crippen LogP) is 5.41. The van der Waals surface area contributed by atoms with Crippen molar-refractivity contribution in [3.63, 3.8) is 0 Å². The Labute approximate surface area is 131 Å². The van der Waals surface area contributed by atoms with Crippen LogP contribution in [-0.2, 0) is 0 Å². The van der Waals surface area contributed by atoms with E-state index in [-0.39, 0.29) is 0 Å². The summed E-state index contributed by atoms with van der Waals surface area (Å²) in [5.41, 5.74) is 3.77. The number of aryl methyl sites for hydroxylation is 1. The number of ether oxygens (including phenoxy) is 2. The fourth-order valence-corrected chi connectivity index (χ4v) is 3.26. The van der Waals surface area contributed by atoms with Gasteiger partial charge in [-0.25, -0.2) is 0 Å². The minimum absolute atomic E-state index is 0.883. The Morgan fingerprint density at radius 3 is 2.43 bits per heavy atom. The zero-order chi connectivity index (χ0) is 15.2. The third kappa shape index (κ3) is 3.67. The van der Waals surface area contributed by atoms with Crippen LogP contribution in [0.25, 0.3) is 11.6 Å². The Morgan fingerprint density at radius 1 is 1.14 bits per heavy atom. The molecule has 0 amide bonds. The van der Waals surface area contributed by atoms with Gasteiger partial charge in [-0.1, -0.05) is 31.6 Å². The standard InChI is InChI=1S/C18H22O2S/c1-5-6-15(18-13(2)21-12-17(18)20-4)11-14-7-9-16(19-3)10-8-14/h7-12H,5-6H2,1-4H3. The molecule has 0 aliphatic rings. The third-order valence-corrected chi connectivity index (χ3v) is 4.35. The van der Waals surface area contributed by atoms with E-state index in [1.165, 1.54) is 21.6 Å². The van der Waals surface area contributed by atoms with Crippen LogP contribution in [0.4, 0.5) is 0 Å². The van der Waals surface area contributed by atoms with E-state index in [0.29, 0.717) is 0 Å². The molecule has 2 aromatic rings. The predicted molar refractivity (Wildman–Crippen MR) is 91.4 cm³/mol. The Kier molecular flexibility index (Phi) is 5.45. The first kappa shape index (κ1) is 15.6. The van der Waals surface area contributed by atoms with E-state index < -0.39 is 0 Å². The second kappa shape index (κ2) is 7.32. The molecule has 0 spiro atoms. The molecule has 0 saturated carbocycles. The van der Waals surface area contributed by atoms with Crippen molar-refractivity contribution in [2.45, 2.75) is 26.7 Å². The first-order valence-electron chi connectivity index (χ1n) is 7.16. The minimum atomic E-state index is 0.883. The second-order valence-electron chi connectivity index (χ2n) is 4.93. The zero-order valence-corrected chi connectivity index (χ0v) is 13.9. The lowest BCUT2D eigenvalue weighted by atomic mass is 9.98. The molecular weight excluding hydrogens is 280 g/mol. The maximum Gasteiger partial charge on any atom is 0.137 e. The molecule has 21 heavy (non-hydrogen) atoms. The molecule has 112 valence electrons. The summed E-state index contributed by atoms with van der Waals surface area (Å²) in [5.74, 6) is 1.86. The molecule has 1 heterocycles. The maximum absolute atomic E-state index is 5.52. The van der Waals surface area contributed by atoms with Gasteiger partial charge in [0.2, 0.25) is 0 Å². The summed E-state index contributed by atoms with van der Waals surface area (Å²) < 4.78 is 10.7. The average molecular weight is 302 g/mol. The number of thiophene rings is 1. The smallest absolute Gasteiger partial charge is 0.137 e. The van der Waals surface area contributed by atoms with E-state index in [1.807, 2.05) is 12.1 Å². The number of hydrogen-bond acceptors (Lipinski definition) is 3. The van der Waals surface area contributed by atoms with Crippen molar-refractivity contribution in [2.75, 3.05) is 14.2 Å². The molecule has 0 radical (unpaired) electrons. The van der Waals surface area contributed by atoms with E-state index in [9.17, 15) is 0 Å². The van der Waals surface area contributed by atoms with Gasteiger partial charge >= 0.3 is 0 Å². The van der Waals surface area contributed by atoms with Crippen molar-refractivity contribution < 1.29 is 9.47 Å².